The number of rotatable bonds is 1. The summed E-state index contributed by atoms with van der Waals surface area (Å²) < 4.78 is 2.00. The van der Waals surface area contributed by atoms with Crippen LogP contribution in [0.15, 0.2) is 30.6 Å². The van der Waals surface area contributed by atoms with Gasteiger partial charge < -0.3 is 5.73 Å². The van der Waals surface area contributed by atoms with E-state index in [1.807, 2.05) is 36.6 Å². The maximum absolute atomic E-state index is 9.04. The molecule has 0 saturated carbocycles. The van der Waals surface area contributed by atoms with Gasteiger partial charge in [0.2, 0.25) is 0 Å². The lowest BCUT2D eigenvalue weighted by atomic mass is 10.2. The number of aryl methyl sites for hydroxylation is 1. The van der Waals surface area contributed by atoms with Crippen LogP contribution in [0, 0.1) is 25.2 Å². The average molecular weight is 263 g/mol. The van der Waals surface area contributed by atoms with Gasteiger partial charge in [0.15, 0.2) is 5.65 Å². The van der Waals surface area contributed by atoms with E-state index in [9.17, 15) is 0 Å². The fraction of sp³-hybridized carbons (Fsp3) is 0.133. The van der Waals surface area contributed by atoms with Crippen molar-refractivity contribution in [2.45, 2.75) is 13.8 Å². The average Bonchev–Trinajstić information content (AvgIpc) is 2.72. The van der Waals surface area contributed by atoms with E-state index < -0.39 is 0 Å². The molecular formula is C15H13N5. The van der Waals surface area contributed by atoms with E-state index in [2.05, 4.69) is 16.0 Å². The number of anilines is 1. The third kappa shape index (κ3) is 1.62. The molecule has 3 aromatic rings. The first-order valence-corrected chi connectivity index (χ1v) is 6.22. The van der Waals surface area contributed by atoms with Gasteiger partial charge in [0.05, 0.1) is 17.0 Å². The summed E-state index contributed by atoms with van der Waals surface area (Å²) in [5.74, 6) is 0.478. The highest BCUT2D eigenvalue weighted by Crippen LogP contribution is 2.29. The summed E-state index contributed by atoms with van der Waals surface area (Å²) in [6, 6.07) is 9.58. The van der Waals surface area contributed by atoms with Gasteiger partial charge in [0, 0.05) is 11.4 Å². The normalized spacial score (nSPS) is 10.7. The van der Waals surface area contributed by atoms with Crippen molar-refractivity contribution >= 4 is 16.9 Å². The molecule has 0 saturated heterocycles. The Kier molecular flexibility index (Phi) is 2.65. The van der Waals surface area contributed by atoms with E-state index in [1.165, 1.54) is 6.33 Å². The van der Waals surface area contributed by atoms with Crippen LogP contribution in [0.4, 0.5) is 5.82 Å². The molecule has 0 aliphatic rings. The zero-order valence-electron chi connectivity index (χ0n) is 11.3. The van der Waals surface area contributed by atoms with Crippen LogP contribution in [0.2, 0.25) is 0 Å². The van der Waals surface area contributed by atoms with Crippen LogP contribution in [0.5, 0.6) is 0 Å². The number of nitrogens with two attached hydrogens (primary N) is 1. The van der Waals surface area contributed by atoms with Crippen molar-refractivity contribution in [3.63, 3.8) is 0 Å². The molecule has 98 valence electrons. The Bertz CT molecular complexity index is 855. The highest BCUT2D eigenvalue weighted by Gasteiger charge is 2.16. The van der Waals surface area contributed by atoms with Crippen molar-refractivity contribution in [2.24, 2.45) is 0 Å². The first kappa shape index (κ1) is 12.2. The highest BCUT2D eigenvalue weighted by atomic mass is 15.1. The number of aromatic nitrogens is 3. The van der Waals surface area contributed by atoms with Gasteiger partial charge in [-0.1, -0.05) is 6.07 Å². The summed E-state index contributed by atoms with van der Waals surface area (Å²) in [4.78, 5) is 8.40. The molecule has 0 amide bonds. The summed E-state index contributed by atoms with van der Waals surface area (Å²) in [6.07, 6.45) is 1.46. The minimum Gasteiger partial charge on any atom is -0.383 e. The number of hydrogen-bond donors (Lipinski definition) is 1. The van der Waals surface area contributed by atoms with Crippen LogP contribution in [0.1, 0.15) is 16.8 Å². The van der Waals surface area contributed by atoms with Crippen molar-refractivity contribution in [1.82, 2.24) is 14.5 Å². The van der Waals surface area contributed by atoms with E-state index in [1.54, 1.807) is 6.07 Å². The molecule has 0 radical (unpaired) electrons. The maximum Gasteiger partial charge on any atom is 0.150 e. The van der Waals surface area contributed by atoms with Crippen molar-refractivity contribution in [3.8, 4) is 11.8 Å². The molecule has 2 N–H and O–H groups in total. The van der Waals surface area contributed by atoms with Gasteiger partial charge in [-0.25, -0.2) is 9.97 Å². The van der Waals surface area contributed by atoms with Crippen molar-refractivity contribution in [1.29, 1.82) is 5.26 Å². The Morgan fingerprint density at radius 2 is 2.05 bits per heavy atom. The Morgan fingerprint density at radius 3 is 2.80 bits per heavy atom. The van der Waals surface area contributed by atoms with E-state index >= 15 is 0 Å². The molecule has 2 heterocycles. The first-order chi connectivity index (χ1) is 9.63. The molecule has 0 aliphatic carbocycles. The molecule has 0 aliphatic heterocycles. The van der Waals surface area contributed by atoms with E-state index in [4.69, 9.17) is 11.0 Å². The Morgan fingerprint density at radius 1 is 1.25 bits per heavy atom. The van der Waals surface area contributed by atoms with E-state index in [0.29, 0.717) is 11.4 Å². The molecule has 5 nitrogen and oxygen atoms in total. The van der Waals surface area contributed by atoms with Gasteiger partial charge in [0.25, 0.3) is 0 Å². The molecule has 3 rings (SSSR count). The van der Waals surface area contributed by atoms with Crippen LogP contribution in [-0.4, -0.2) is 14.5 Å². The Hall–Kier alpha value is -2.87. The minimum absolute atomic E-state index is 0.478. The summed E-state index contributed by atoms with van der Waals surface area (Å²) >= 11 is 0. The van der Waals surface area contributed by atoms with Crippen LogP contribution in [-0.2, 0) is 0 Å². The zero-order valence-corrected chi connectivity index (χ0v) is 11.3. The Labute approximate surface area is 116 Å². The lowest BCUT2D eigenvalue weighted by molar-refractivity contribution is 1.01. The lowest BCUT2D eigenvalue weighted by Gasteiger charge is -2.08. The topological polar surface area (TPSA) is 80.5 Å². The van der Waals surface area contributed by atoms with Gasteiger partial charge in [-0.2, -0.15) is 5.26 Å². The second kappa shape index (κ2) is 4.35. The molecule has 0 fully saturated rings. The van der Waals surface area contributed by atoms with Crippen LogP contribution < -0.4 is 5.73 Å². The van der Waals surface area contributed by atoms with Crippen molar-refractivity contribution in [2.75, 3.05) is 5.73 Å². The van der Waals surface area contributed by atoms with Gasteiger partial charge in [-0.15, -0.1) is 0 Å². The number of hydrogen-bond acceptors (Lipinski definition) is 4. The van der Waals surface area contributed by atoms with Gasteiger partial charge in [-0.3, -0.25) is 4.57 Å². The SMILES string of the molecule is Cc1c(C)n(-c2cccc(C#N)c2)c2ncnc(N)c12. The highest BCUT2D eigenvalue weighted by molar-refractivity contribution is 5.92. The number of benzene rings is 1. The standard InChI is InChI=1S/C15H13N5/c1-9-10(2)20(12-5-3-4-11(6-12)7-16)15-13(9)14(17)18-8-19-15/h3-6,8H,1-2H3,(H2,17,18,19). The second-order valence-electron chi connectivity index (χ2n) is 4.67. The molecule has 5 heteroatoms. The van der Waals surface area contributed by atoms with Crippen LogP contribution in [0.25, 0.3) is 16.7 Å². The number of nitriles is 1. The van der Waals surface area contributed by atoms with Gasteiger partial charge in [0.1, 0.15) is 12.1 Å². The molecule has 1 aromatic carbocycles. The van der Waals surface area contributed by atoms with Gasteiger partial charge in [-0.05, 0) is 37.6 Å². The van der Waals surface area contributed by atoms with Gasteiger partial charge >= 0.3 is 0 Å². The summed E-state index contributed by atoms with van der Waals surface area (Å²) in [7, 11) is 0. The third-order valence-electron chi connectivity index (χ3n) is 3.55. The quantitative estimate of drug-likeness (QED) is 0.731. The number of nitrogens with zero attached hydrogens (tertiary/aromatic N) is 4. The zero-order chi connectivity index (χ0) is 14.3. The first-order valence-electron chi connectivity index (χ1n) is 6.22. The monoisotopic (exact) mass is 263 g/mol. The summed E-state index contributed by atoms with van der Waals surface area (Å²) in [5.41, 5.74) is 10.3. The van der Waals surface area contributed by atoms with Crippen molar-refractivity contribution in [3.05, 3.63) is 47.4 Å². The number of nitrogen functional groups attached to an aromatic ring is 1. The number of fused-ring (bicyclic) bond motifs is 1. The molecular weight excluding hydrogens is 250 g/mol. The molecule has 0 spiro atoms. The smallest absolute Gasteiger partial charge is 0.150 e. The third-order valence-corrected chi connectivity index (χ3v) is 3.55. The molecule has 0 atom stereocenters. The van der Waals surface area contributed by atoms with E-state index in [-0.39, 0.29) is 0 Å². The van der Waals surface area contributed by atoms with E-state index in [0.717, 1.165) is 28.0 Å². The maximum atomic E-state index is 9.04. The minimum atomic E-state index is 0.478. The summed E-state index contributed by atoms with van der Waals surface area (Å²) in [6.45, 7) is 4.01. The second-order valence-corrected chi connectivity index (χ2v) is 4.67. The van der Waals surface area contributed by atoms with Crippen LogP contribution in [0.3, 0.4) is 0 Å². The molecule has 2 aromatic heterocycles. The predicted molar refractivity (Wildman–Crippen MR) is 77.5 cm³/mol. The van der Waals surface area contributed by atoms with Crippen LogP contribution >= 0.6 is 0 Å². The summed E-state index contributed by atoms with van der Waals surface area (Å²) in [5, 5.41) is 9.90. The molecule has 0 bridgehead atoms. The largest absolute Gasteiger partial charge is 0.383 e. The fourth-order valence-corrected chi connectivity index (χ4v) is 2.46. The lowest BCUT2D eigenvalue weighted by Crippen LogP contribution is -1.99. The fourth-order valence-electron chi connectivity index (χ4n) is 2.46. The Balaban J connectivity index is 2.40. The molecule has 20 heavy (non-hydrogen) atoms. The predicted octanol–water partition coefficient (Wildman–Crippen LogP) is 2.49. The van der Waals surface area contributed by atoms with Crippen molar-refractivity contribution < 1.29 is 0 Å². The molecule has 0 unspecified atom stereocenters.